The number of nitrogens with zero attached hydrogens (tertiary/aromatic N) is 1. The van der Waals surface area contributed by atoms with Crippen LogP contribution in [0.25, 0.3) is 11.1 Å². The summed E-state index contributed by atoms with van der Waals surface area (Å²) in [5, 5.41) is 21.1. The minimum absolute atomic E-state index is 0.169. The molecule has 0 fully saturated rings. The van der Waals surface area contributed by atoms with Gasteiger partial charge in [0.2, 0.25) is 0 Å². The molecule has 1 atom stereocenters. The van der Waals surface area contributed by atoms with Crippen molar-refractivity contribution in [3.63, 3.8) is 0 Å². The maximum atomic E-state index is 10.9. The summed E-state index contributed by atoms with van der Waals surface area (Å²) in [5.74, 6) is -0.627. The number of hydrogen-bond acceptors (Lipinski definition) is 5. The third kappa shape index (κ3) is 3.95. The van der Waals surface area contributed by atoms with Crippen molar-refractivity contribution in [2.24, 2.45) is 5.92 Å². The van der Waals surface area contributed by atoms with Crippen LogP contribution >= 0.6 is 0 Å². The molecule has 6 nitrogen and oxygen atoms in total. The van der Waals surface area contributed by atoms with E-state index in [1.54, 1.807) is 6.07 Å². The van der Waals surface area contributed by atoms with E-state index in [1.807, 2.05) is 0 Å². The van der Waals surface area contributed by atoms with E-state index in [1.165, 1.54) is 12.1 Å². The van der Waals surface area contributed by atoms with Crippen LogP contribution in [-0.2, 0) is 0 Å². The van der Waals surface area contributed by atoms with Gasteiger partial charge >= 0.3 is 5.97 Å². The number of carboxylic acids is 1. The van der Waals surface area contributed by atoms with E-state index >= 15 is 0 Å². The molecular weight excluding hydrogens is 272 g/mol. The summed E-state index contributed by atoms with van der Waals surface area (Å²) < 4.78 is 5.52. The highest BCUT2D eigenvalue weighted by atomic mass is 16.4. The number of aliphatic hydroxyl groups excluding tert-OH is 1. The number of carbonyl (C=O) groups is 1. The quantitative estimate of drug-likeness (QED) is 0.692. The summed E-state index contributed by atoms with van der Waals surface area (Å²) in [7, 11) is 0. The number of hydrogen-bond donors (Lipinski definition) is 3. The van der Waals surface area contributed by atoms with Crippen LogP contribution in [0, 0.1) is 5.92 Å². The second kappa shape index (κ2) is 7.08. The maximum Gasteiger partial charge on any atom is 0.335 e. The average Bonchev–Trinajstić information content (AvgIpc) is 2.87. The highest BCUT2D eigenvalue weighted by molar-refractivity contribution is 5.92. The number of carboxylic acid groups (broad SMARTS) is 1. The molecule has 0 amide bonds. The normalized spacial score (nSPS) is 12.5. The molecule has 0 spiro atoms. The third-order valence-electron chi connectivity index (χ3n) is 3.41. The Morgan fingerprint density at radius 1 is 1.43 bits per heavy atom. The molecule has 1 unspecified atom stereocenters. The van der Waals surface area contributed by atoms with E-state index in [9.17, 15) is 4.79 Å². The highest BCUT2D eigenvalue weighted by Gasteiger charge is 2.12. The van der Waals surface area contributed by atoms with Gasteiger partial charge in [0.15, 0.2) is 5.58 Å². The number of nitrogens with one attached hydrogen (secondary N) is 1. The predicted molar refractivity (Wildman–Crippen MR) is 79.6 cm³/mol. The summed E-state index contributed by atoms with van der Waals surface area (Å²) in [4.78, 5) is 15.2. The summed E-state index contributed by atoms with van der Waals surface area (Å²) >= 11 is 0. The molecule has 3 N–H and O–H groups in total. The molecule has 0 bridgehead atoms. The largest absolute Gasteiger partial charge is 0.478 e. The highest BCUT2D eigenvalue weighted by Crippen LogP contribution is 2.21. The monoisotopic (exact) mass is 292 g/mol. The summed E-state index contributed by atoms with van der Waals surface area (Å²) in [6.07, 6.45) is 2.82. The topological polar surface area (TPSA) is 95.6 Å². The van der Waals surface area contributed by atoms with Crippen LogP contribution < -0.4 is 5.32 Å². The second-order valence-corrected chi connectivity index (χ2v) is 5.05. The molecular formula is C15H20N2O4. The van der Waals surface area contributed by atoms with Crippen molar-refractivity contribution >= 4 is 23.1 Å². The molecule has 6 heteroatoms. The summed E-state index contributed by atoms with van der Waals surface area (Å²) in [6.45, 7) is 2.95. The Bertz CT molecular complexity index is 603. The lowest BCUT2D eigenvalue weighted by Gasteiger charge is -2.14. The van der Waals surface area contributed by atoms with Gasteiger partial charge in [-0.05, 0) is 37.0 Å². The van der Waals surface area contributed by atoms with Crippen LogP contribution in [0.5, 0.6) is 0 Å². The molecule has 1 heterocycles. The molecule has 2 aromatic rings. The van der Waals surface area contributed by atoms with Crippen molar-refractivity contribution in [2.45, 2.75) is 26.2 Å². The molecule has 2 rings (SSSR count). The first-order valence-corrected chi connectivity index (χ1v) is 7.12. The van der Waals surface area contributed by atoms with E-state index in [0.717, 1.165) is 19.3 Å². The van der Waals surface area contributed by atoms with Gasteiger partial charge in [0, 0.05) is 13.2 Å². The number of rotatable bonds is 8. The van der Waals surface area contributed by atoms with E-state index in [0.29, 0.717) is 29.6 Å². The Morgan fingerprint density at radius 2 is 2.24 bits per heavy atom. The molecule has 1 aromatic carbocycles. The van der Waals surface area contributed by atoms with E-state index in [4.69, 9.17) is 14.6 Å². The van der Waals surface area contributed by atoms with E-state index in [2.05, 4.69) is 17.2 Å². The Hall–Kier alpha value is -2.08. The van der Waals surface area contributed by atoms with Gasteiger partial charge in [0.25, 0.3) is 6.01 Å². The summed E-state index contributed by atoms with van der Waals surface area (Å²) in [5.41, 5.74) is 1.25. The Kier molecular flexibility index (Phi) is 5.16. The van der Waals surface area contributed by atoms with Gasteiger partial charge in [-0.2, -0.15) is 4.98 Å². The smallest absolute Gasteiger partial charge is 0.335 e. The molecule has 0 aliphatic heterocycles. The van der Waals surface area contributed by atoms with Crippen LogP contribution in [0.3, 0.4) is 0 Å². The Balaban J connectivity index is 2.06. The van der Waals surface area contributed by atoms with Crippen LogP contribution in [0.4, 0.5) is 6.01 Å². The molecule has 21 heavy (non-hydrogen) atoms. The minimum Gasteiger partial charge on any atom is -0.478 e. The number of fused-ring (bicyclic) bond motifs is 1. The standard InChI is InChI=1S/C15H20N2O4/c1-2-3-10(6-7-18)9-16-15-17-12-5-4-11(14(19)20)8-13(12)21-15/h4-5,8,10,18H,2-3,6-7,9H2,1H3,(H,16,17)(H,19,20). The fourth-order valence-electron chi connectivity index (χ4n) is 2.30. The maximum absolute atomic E-state index is 10.9. The van der Waals surface area contributed by atoms with Crippen LogP contribution in [0.1, 0.15) is 36.5 Å². The Morgan fingerprint density at radius 3 is 2.90 bits per heavy atom. The first-order valence-electron chi connectivity index (χ1n) is 7.12. The van der Waals surface area contributed by atoms with Gasteiger partial charge in [-0.25, -0.2) is 4.79 Å². The van der Waals surface area contributed by atoms with Crippen molar-refractivity contribution in [1.29, 1.82) is 0 Å². The van der Waals surface area contributed by atoms with Gasteiger partial charge in [0.1, 0.15) is 5.52 Å². The number of oxazole rings is 1. The molecule has 0 saturated carbocycles. The molecule has 0 radical (unpaired) electrons. The fraction of sp³-hybridized carbons (Fsp3) is 0.467. The lowest BCUT2D eigenvalue weighted by atomic mass is 10.0. The van der Waals surface area contributed by atoms with Gasteiger partial charge in [-0.15, -0.1) is 0 Å². The first-order chi connectivity index (χ1) is 10.1. The van der Waals surface area contributed by atoms with Gasteiger partial charge in [-0.1, -0.05) is 13.3 Å². The Labute approximate surface area is 122 Å². The van der Waals surface area contributed by atoms with Crippen LogP contribution in [-0.4, -0.2) is 34.3 Å². The molecule has 114 valence electrons. The predicted octanol–water partition coefficient (Wildman–Crippen LogP) is 2.74. The molecule has 0 saturated heterocycles. The number of benzene rings is 1. The molecule has 0 aliphatic rings. The average molecular weight is 292 g/mol. The van der Waals surface area contributed by atoms with Crippen molar-refractivity contribution < 1.29 is 19.4 Å². The van der Waals surface area contributed by atoms with Crippen molar-refractivity contribution in [1.82, 2.24) is 4.98 Å². The van der Waals surface area contributed by atoms with Gasteiger partial charge < -0.3 is 19.9 Å². The summed E-state index contributed by atoms with van der Waals surface area (Å²) in [6, 6.07) is 4.98. The number of aromatic nitrogens is 1. The lowest BCUT2D eigenvalue weighted by Crippen LogP contribution is -2.15. The van der Waals surface area contributed by atoms with Crippen molar-refractivity contribution in [3.8, 4) is 0 Å². The zero-order chi connectivity index (χ0) is 15.2. The number of aliphatic hydroxyl groups is 1. The third-order valence-corrected chi connectivity index (χ3v) is 3.41. The van der Waals surface area contributed by atoms with Gasteiger partial charge in [-0.3, -0.25) is 0 Å². The zero-order valence-electron chi connectivity index (χ0n) is 12.0. The molecule has 1 aromatic heterocycles. The second-order valence-electron chi connectivity index (χ2n) is 5.05. The van der Waals surface area contributed by atoms with Crippen LogP contribution in [0.15, 0.2) is 22.6 Å². The first kappa shape index (κ1) is 15.3. The fourth-order valence-corrected chi connectivity index (χ4v) is 2.30. The van der Waals surface area contributed by atoms with Crippen molar-refractivity contribution in [3.05, 3.63) is 23.8 Å². The van der Waals surface area contributed by atoms with E-state index in [-0.39, 0.29) is 12.2 Å². The van der Waals surface area contributed by atoms with Gasteiger partial charge in [0.05, 0.1) is 5.56 Å². The molecule has 0 aliphatic carbocycles. The lowest BCUT2D eigenvalue weighted by molar-refractivity contribution is 0.0697. The SMILES string of the molecule is CCCC(CCO)CNc1nc2ccc(C(=O)O)cc2o1. The number of anilines is 1. The number of aromatic carboxylic acids is 1. The van der Waals surface area contributed by atoms with Crippen molar-refractivity contribution in [2.75, 3.05) is 18.5 Å². The van der Waals surface area contributed by atoms with E-state index < -0.39 is 5.97 Å². The minimum atomic E-state index is -0.992. The zero-order valence-corrected chi connectivity index (χ0v) is 12.0. The van der Waals surface area contributed by atoms with Crippen LogP contribution in [0.2, 0.25) is 0 Å².